The van der Waals surface area contributed by atoms with E-state index in [1.807, 2.05) is 68.3 Å². The molecule has 1 aromatic carbocycles. The molecule has 0 aliphatic heterocycles. The van der Waals surface area contributed by atoms with E-state index in [9.17, 15) is 4.79 Å². The topological polar surface area (TPSA) is 35.9 Å². The van der Waals surface area contributed by atoms with Gasteiger partial charge >= 0.3 is 0 Å². The maximum atomic E-state index is 11.8. The standard InChI is InChI=1S/C14H21N3O/c1-16(2)14(17(3)4)15-13(18)11-10-12-8-6-5-7-9-12/h5-9H,10-11H2,1-4H3. The fourth-order valence-corrected chi connectivity index (χ4v) is 1.66. The minimum Gasteiger partial charge on any atom is -0.349 e. The number of hydrogen-bond donors (Lipinski definition) is 0. The zero-order chi connectivity index (χ0) is 13.5. The summed E-state index contributed by atoms with van der Waals surface area (Å²) in [6.45, 7) is 0. The summed E-state index contributed by atoms with van der Waals surface area (Å²) in [5.74, 6) is 0.587. The van der Waals surface area contributed by atoms with Crippen LogP contribution in [-0.4, -0.2) is 49.9 Å². The van der Waals surface area contributed by atoms with Gasteiger partial charge in [0.15, 0.2) is 0 Å². The van der Waals surface area contributed by atoms with E-state index in [0.717, 1.165) is 12.0 Å². The van der Waals surface area contributed by atoms with Gasteiger partial charge in [-0.15, -0.1) is 0 Å². The molecule has 0 aliphatic carbocycles. The van der Waals surface area contributed by atoms with Gasteiger partial charge in [0, 0.05) is 34.6 Å². The second kappa shape index (κ2) is 6.79. The van der Waals surface area contributed by atoms with Crippen molar-refractivity contribution in [1.29, 1.82) is 0 Å². The van der Waals surface area contributed by atoms with Gasteiger partial charge in [-0.25, -0.2) is 0 Å². The van der Waals surface area contributed by atoms with Crippen molar-refractivity contribution in [2.45, 2.75) is 12.8 Å². The lowest BCUT2D eigenvalue weighted by Gasteiger charge is -2.22. The van der Waals surface area contributed by atoms with Crippen LogP contribution < -0.4 is 0 Å². The van der Waals surface area contributed by atoms with Gasteiger partial charge in [-0.3, -0.25) is 4.79 Å². The molecule has 0 radical (unpaired) electrons. The number of nitrogens with zero attached hydrogens (tertiary/aromatic N) is 3. The molecule has 1 rings (SSSR count). The molecule has 0 saturated carbocycles. The van der Waals surface area contributed by atoms with Gasteiger partial charge in [0.1, 0.15) is 0 Å². The van der Waals surface area contributed by atoms with Gasteiger partial charge < -0.3 is 9.80 Å². The first-order chi connectivity index (χ1) is 8.50. The molecular formula is C14H21N3O. The van der Waals surface area contributed by atoms with E-state index in [1.165, 1.54) is 0 Å². The van der Waals surface area contributed by atoms with E-state index < -0.39 is 0 Å². The van der Waals surface area contributed by atoms with Crippen LogP contribution in [0.3, 0.4) is 0 Å². The van der Waals surface area contributed by atoms with Crippen molar-refractivity contribution in [3.05, 3.63) is 35.9 Å². The van der Waals surface area contributed by atoms with E-state index in [-0.39, 0.29) is 5.91 Å². The van der Waals surface area contributed by atoms with Crippen LogP contribution in [-0.2, 0) is 11.2 Å². The lowest BCUT2D eigenvalue weighted by molar-refractivity contribution is -0.117. The quantitative estimate of drug-likeness (QED) is 0.601. The van der Waals surface area contributed by atoms with E-state index in [1.54, 1.807) is 0 Å². The van der Waals surface area contributed by atoms with Crippen LogP contribution >= 0.6 is 0 Å². The predicted octanol–water partition coefficient (Wildman–Crippen LogP) is 1.62. The minimum atomic E-state index is -0.0868. The Balaban J connectivity index is 2.58. The molecule has 0 aromatic heterocycles. The van der Waals surface area contributed by atoms with Gasteiger partial charge in [0.2, 0.25) is 11.9 Å². The average molecular weight is 247 g/mol. The van der Waals surface area contributed by atoms with Crippen LogP contribution in [0.4, 0.5) is 0 Å². The molecular weight excluding hydrogens is 226 g/mol. The fourth-order valence-electron chi connectivity index (χ4n) is 1.66. The second-order valence-corrected chi connectivity index (χ2v) is 4.58. The SMILES string of the molecule is CN(C)C(=NC(=O)CCc1ccccc1)N(C)C. The lowest BCUT2D eigenvalue weighted by atomic mass is 10.1. The summed E-state index contributed by atoms with van der Waals surface area (Å²) in [6.07, 6.45) is 1.17. The molecule has 0 aliphatic rings. The average Bonchev–Trinajstić information content (AvgIpc) is 2.34. The molecule has 0 unspecified atom stereocenters. The van der Waals surface area contributed by atoms with Gasteiger partial charge in [0.05, 0.1) is 0 Å². The third-order valence-corrected chi connectivity index (χ3v) is 2.50. The third-order valence-electron chi connectivity index (χ3n) is 2.50. The van der Waals surface area contributed by atoms with Crippen LogP contribution in [0.5, 0.6) is 0 Å². The monoisotopic (exact) mass is 247 g/mol. The number of amides is 1. The van der Waals surface area contributed by atoms with Gasteiger partial charge in [-0.05, 0) is 12.0 Å². The van der Waals surface area contributed by atoms with Crippen LogP contribution in [0, 0.1) is 0 Å². The molecule has 0 bridgehead atoms. The van der Waals surface area contributed by atoms with Gasteiger partial charge in [-0.1, -0.05) is 30.3 Å². The maximum Gasteiger partial charge on any atom is 0.249 e. The van der Waals surface area contributed by atoms with Crippen molar-refractivity contribution in [3.63, 3.8) is 0 Å². The van der Waals surface area contributed by atoms with Crippen molar-refractivity contribution >= 4 is 11.9 Å². The molecule has 0 spiro atoms. The van der Waals surface area contributed by atoms with Crippen molar-refractivity contribution in [3.8, 4) is 0 Å². The summed E-state index contributed by atoms with van der Waals surface area (Å²) >= 11 is 0. The minimum absolute atomic E-state index is 0.0868. The molecule has 1 aromatic rings. The van der Waals surface area contributed by atoms with Gasteiger partial charge in [0.25, 0.3) is 0 Å². The number of carbonyl (C=O) groups is 1. The van der Waals surface area contributed by atoms with E-state index in [2.05, 4.69) is 4.99 Å². The molecule has 18 heavy (non-hydrogen) atoms. The Hall–Kier alpha value is -1.84. The number of guanidine groups is 1. The van der Waals surface area contributed by atoms with Crippen molar-refractivity contribution in [1.82, 2.24) is 9.80 Å². The Labute approximate surface area is 109 Å². The fraction of sp³-hybridized carbons (Fsp3) is 0.429. The summed E-state index contributed by atoms with van der Waals surface area (Å²) in [7, 11) is 7.51. The Morgan fingerprint density at radius 3 is 2.11 bits per heavy atom. The summed E-state index contributed by atoms with van der Waals surface area (Å²) in [5, 5.41) is 0. The third kappa shape index (κ3) is 4.57. The Morgan fingerprint density at radius 1 is 1.06 bits per heavy atom. The van der Waals surface area contributed by atoms with Gasteiger partial charge in [-0.2, -0.15) is 4.99 Å². The van der Waals surface area contributed by atoms with E-state index >= 15 is 0 Å². The van der Waals surface area contributed by atoms with Crippen LogP contribution in [0.1, 0.15) is 12.0 Å². The predicted molar refractivity (Wildman–Crippen MR) is 74.6 cm³/mol. The van der Waals surface area contributed by atoms with Crippen molar-refractivity contribution in [2.75, 3.05) is 28.2 Å². The van der Waals surface area contributed by atoms with E-state index in [4.69, 9.17) is 0 Å². The highest BCUT2D eigenvalue weighted by atomic mass is 16.1. The molecule has 0 heterocycles. The van der Waals surface area contributed by atoms with E-state index in [0.29, 0.717) is 12.4 Å². The molecule has 1 amide bonds. The number of carbonyl (C=O) groups excluding carboxylic acids is 1. The molecule has 0 fully saturated rings. The normalized spacial score (nSPS) is 9.78. The number of hydrogen-bond acceptors (Lipinski definition) is 1. The molecule has 4 nitrogen and oxygen atoms in total. The molecule has 0 N–H and O–H groups in total. The first-order valence-corrected chi connectivity index (χ1v) is 6.01. The summed E-state index contributed by atoms with van der Waals surface area (Å²) < 4.78 is 0. The molecule has 0 saturated heterocycles. The summed E-state index contributed by atoms with van der Waals surface area (Å²) in [5.41, 5.74) is 1.16. The van der Waals surface area contributed by atoms with Crippen LogP contribution in [0.25, 0.3) is 0 Å². The number of benzene rings is 1. The number of aliphatic imine (C=N–C) groups is 1. The zero-order valence-electron chi connectivity index (χ0n) is 11.6. The highest BCUT2D eigenvalue weighted by Crippen LogP contribution is 2.03. The van der Waals surface area contributed by atoms with Crippen LogP contribution in [0.2, 0.25) is 0 Å². The first kappa shape index (κ1) is 14.2. The van der Waals surface area contributed by atoms with Crippen molar-refractivity contribution < 1.29 is 4.79 Å². The highest BCUT2D eigenvalue weighted by molar-refractivity contribution is 5.92. The molecule has 98 valence electrons. The summed E-state index contributed by atoms with van der Waals surface area (Å²) in [6, 6.07) is 9.98. The Bertz CT molecular complexity index is 400. The smallest absolute Gasteiger partial charge is 0.249 e. The Kier molecular flexibility index (Phi) is 5.36. The zero-order valence-corrected chi connectivity index (χ0v) is 11.6. The highest BCUT2D eigenvalue weighted by Gasteiger charge is 2.08. The largest absolute Gasteiger partial charge is 0.349 e. The summed E-state index contributed by atoms with van der Waals surface area (Å²) in [4.78, 5) is 19.6. The lowest BCUT2D eigenvalue weighted by Crippen LogP contribution is -2.36. The maximum absolute atomic E-state index is 11.8. The molecule has 0 atom stereocenters. The number of rotatable bonds is 3. The van der Waals surface area contributed by atoms with Crippen LogP contribution in [0.15, 0.2) is 35.3 Å². The Morgan fingerprint density at radius 2 is 1.61 bits per heavy atom. The first-order valence-electron chi connectivity index (χ1n) is 6.01. The van der Waals surface area contributed by atoms with Crippen molar-refractivity contribution in [2.24, 2.45) is 4.99 Å². The molecule has 4 heteroatoms. The second-order valence-electron chi connectivity index (χ2n) is 4.58. The number of aryl methyl sites for hydroxylation is 1.